The summed E-state index contributed by atoms with van der Waals surface area (Å²) in [5, 5.41) is 17.6. The minimum absolute atomic E-state index is 0.130. The number of rotatable bonds is 4. The lowest BCUT2D eigenvalue weighted by molar-refractivity contribution is 0.0916. The van der Waals surface area contributed by atoms with Crippen molar-refractivity contribution in [2.24, 2.45) is 0 Å². The molecule has 1 atom stereocenters. The number of carbonyl (C=O) groups excluding carboxylic acids is 1. The zero-order chi connectivity index (χ0) is 18.1. The van der Waals surface area contributed by atoms with Crippen molar-refractivity contribution >= 4 is 11.6 Å². The molecule has 1 aromatic carbocycles. The van der Waals surface area contributed by atoms with E-state index in [1.165, 1.54) is 0 Å². The van der Waals surface area contributed by atoms with Crippen LogP contribution in [0.1, 0.15) is 44.7 Å². The van der Waals surface area contributed by atoms with E-state index in [-0.39, 0.29) is 12.5 Å². The number of aliphatic hydroxyl groups excluding tert-OH is 1. The van der Waals surface area contributed by atoms with Crippen molar-refractivity contribution in [3.8, 4) is 0 Å². The number of aromatic nitrogens is 3. The van der Waals surface area contributed by atoms with Crippen LogP contribution in [-0.4, -0.2) is 32.2 Å². The number of nitrogens with zero attached hydrogens (tertiary/aromatic N) is 3. The van der Waals surface area contributed by atoms with Gasteiger partial charge in [0.15, 0.2) is 5.65 Å². The second-order valence-corrected chi connectivity index (χ2v) is 6.32. The molecular formula is C19H22N4O2. The first-order valence-electron chi connectivity index (χ1n) is 8.24. The minimum atomic E-state index is -0.760. The smallest absolute Gasteiger partial charge is 0.257 e. The van der Waals surface area contributed by atoms with Gasteiger partial charge >= 0.3 is 0 Å². The monoisotopic (exact) mass is 338 g/mol. The van der Waals surface area contributed by atoms with Crippen molar-refractivity contribution in [1.29, 1.82) is 0 Å². The lowest BCUT2D eigenvalue weighted by Crippen LogP contribution is -2.29. The number of nitrogens with one attached hydrogen (secondary N) is 1. The first-order valence-corrected chi connectivity index (χ1v) is 8.24. The highest BCUT2D eigenvalue weighted by molar-refractivity contribution is 6.01. The van der Waals surface area contributed by atoms with Crippen LogP contribution in [0.15, 0.2) is 30.3 Å². The maximum atomic E-state index is 12.7. The third-order valence-corrected chi connectivity index (χ3v) is 4.30. The molecule has 0 saturated carbocycles. The van der Waals surface area contributed by atoms with Crippen molar-refractivity contribution in [3.63, 3.8) is 0 Å². The summed E-state index contributed by atoms with van der Waals surface area (Å²) in [4.78, 5) is 17.1. The van der Waals surface area contributed by atoms with Crippen LogP contribution in [0.25, 0.3) is 5.65 Å². The fraction of sp³-hybridized carbons (Fsp3) is 0.316. The molecule has 3 rings (SSSR count). The number of aliphatic hydroxyl groups is 1. The van der Waals surface area contributed by atoms with Crippen LogP contribution in [0.4, 0.5) is 0 Å². The Morgan fingerprint density at radius 1 is 1.24 bits per heavy atom. The summed E-state index contributed by atoms with van der Waals surface area (Å²) in [5.41, 5.74) is 5.16. The molecule has 1 amide bonds. The third-order valence-electron chi connectivity index (χ3n) is 4.30. The van der Waals surface area contributed by atoms with Crippen LogP contribution in [0.2, 0.25) is 0 Å². The van der Waals surface area contributed by atoms with Gasteiger partial charge in [-0.05, 0) is 44.9 Å². The van der Waals surface area contributed by atoms with Crippen molar-refractivity contribution in [2.45, 2.75) is 33.8 Å². The minimum Gasteiger partial charge on any atom is -0.387 e. The van der Waals surface area contributed by atoms with Crippen molar-refractivity contribution in [3.05, 3.63) is 64.1 Å². The van der Waals surface area contributed by atoms with Gasteiger partial charge in [-0.15, -0.1) is 0 Å². The van der Waals surface area contributed by atoms with Gasteiger partial charge in [0.1, 0.15) is 5.56 Å². The summed E-state index contributed by atoms with van der Waals surface area (Å²) in [6.07, 6.45) is -0.760. The summed E-state index contributed by atoms with van der Waals surface area (Å²) >= 11 is 0. The Hall–Kier alpha value is -2.73. The average molecular weight is 338 g/mol. The summed E-state index contributed by atoms with van der Waals surface area (Å²) < 4.78 is 1.68. The molecule has 0 spiro atoms. The van der Waals surface area contributed by atoms with Gasteiger partial charge in [-0.1, -0.05) is 24.3 Å². The van der Waals surface area contributed by atoms with Gasteiger partial charge in [-0.3, -0.25) is 4.79 Å². The number of hydrogen-bond donors (Lipinski definition) is 2. The molecule has 0 aliphatic heterocycles. The molecule has 0 aliphatic rings. The highest BCUT2D eigenvalue weighted by Gasteiger charge is 2.20. The van der Waals surface area contributed by atoms with E-state index in [1.807, 2.05) is 51.1 Å². The van der Waals surface area contributed by atoms with Gasteiger partial charge in [0.25, 0.3) is 5.91 Å². The Bertz CT molecular complexity index is 946. The normalized spacial score (nSPS) is 12.4. The Kier molecular flexibility index (Phi) is 4.55. The van der Waals surface area contributed by atoms with Gasteiger partial charge in [-0.2, -0.15) is 5.10 Å². The van der Waals surface area contributed by atoms with E-state index >= 15 is 0 Å². The van der Waals surface area contributed by atoms with E-state index in [0.717, 1.165) is 22.5 Å². The molecule has 2 N–H and O–H groups in total. The molecule has 0 fully saturated rings. The van der Waals surface area contributed by atoms with Crippen molar-refractivity contribution in [1.82, 2.24) is 19.9 Å². The zero-order valence-electron chi connectivity index (χ0n) is 14.9. The fourth-order valence-electron chi connectivity index (χ4n) is 3.04. The number of benzene rings is 1. The second-order valence-electron chi connectivity index (χ2n) is 6.32. The Morgan fingerprint density at radius 3 is 2.68 bits per heavy atom. The molecular weight excluding hydrogens is 316 g/mol. The van der Waals surface area contributed by atoms with E-state index in [2.05, 4.69) is 15.4 Å². The molecule has 1 unspecified atom stereocenters. The maximum absolute atomic E-state index is 12.7. The highest BCUT2D eigenvalue weighted by atomic mass is 16.3. The summed E-state index contributed by atoms with van der Waals surface area (Å²) in [6, 6.07) is 9.51. The van der Waals surface area contributed by atoms with Crippen molar-refractivity contribution < 1.29 is 9.90 Å². The fourth-order valence-corrected chi connectivity index (χ4v) is 3.04. The molecule has 0 radical (unpaired) electrons. The quantitative estimate of drug-likeness (QED) is 0.766. The third kappa shape index (κ3) is 3.25. The average Bonchev–Trinajstić information content (AvgIpc) is 2.89. The van der Waals surface area contributed by atoms with Crippen LogP contribution in [0.5, 0.6) is 0 Å². The van der Waals surface area contributed by atoms with Gasteiger partial charge in [-0.25, -0.2) is 9.50 Å². The predicted octanol–water partition coefficient (Wildman–Crippen LogP) is 2.43. The molecule has 3 aromatic rings. The molecule has 25 heavy (non-hydrogen) atoms. The van der Waals surface area contributed by atoms with Gasteiger partial charge in [0, 0.05) is 17.9 Å². The lowest BCUT2D eigenvalue weighted by atomic mass is 10.0. The van der Waals surface area contributed by atoms with Gasteiger partial charge in [0.2, 0.25) is 0 Å². The molecule has 0 bridgehead atoms. The van der Waals surface area contributed by atoms with Crippen molar-refractivity contribution in [2.75, 3.05) is 6.54 Å². The second kappa shape index (κ2) is 6.64. The molecule has 130 valence electrons. The Labute approximate surface area is 146 Å². The summed E-state index contributed by atoms with van der Waals surface area (Å²) in [7, 11) is 0. The summed E-state index contributed by atoms with van der Waals surface area (Å²) in [5.74, 6) is -0.280. The molecule has 2 heterocycles. The van der Waals surface area contributed by atoms with E-state index in [9.17, 15) is 9.90 Å². The number of fused-ring (bicyclic) bond motifs is 1. The first-order chi connectivity index (χ1) is 11.9. The van der Waals surface area contributed by atoms with E-state index in [1.54, 1.807) is 11.4 Å². The van der Waals surface area contributed by atoms with Gasteiger partial charge in [0.05, 0.1) is 11.8 Å². The molecule has 0 saturated heterocycles. The maximum Gasteiger partial charge on any atom is 0.257 e. The Morgan fingerprint density at radius 2 is 1.96 bits per heavy atom. The SMILES string of the molecule is Cc1cc(C)n2nc(C)c(C(=O)NCC(O)c3ccccc3C)c2n1. The van der Waals surface area contributed by atoms with Gasteiger partial charge < -0.3 is 10.4 Å². The summed E-state index contributed by atoms with van der Waals surface area (Å²) in [6.45, 7) is 7.67. The van der Waals surface area contributed by atoms with Crippen LogP contribution in [0, 0.1) is 27.7 Å². The van der Waals surface area contributed by atoms with E-state index in [0.29, 0.717) is 16.9 Å². The van der Waals surface area contributed by atoms with Crippen LogP contribution < -0.4 is 5.32 Å². The Balaban J connectivity index is 1.84. The zero-order valence-corrected chi connectivity index (χ0v) is 14.9. The number of amides is 1. The topological polar surface area (TPSA) is 79.5 Å². The highest BCUT2D eigenvalue weighted by Crippen LogP contribution is 2.18. The number of hydrogen-bond acceptors (Lipinski definition) is 4. The molecule has 6 heteroatoms. The van der Waals surface area contributed by atoms with Crippen LogP contribution in [0.3, 0.4) is 0 Å². The standard InChI is InChI=1S/C19H22N4O2/c1-11-7-5-6-8-15(11)16(24)10-20-19(25)17-14(4)22-23-13(3)9-12(2)21-18(17)23/h5-9,16,24H,10H2,1-4H3,(H,20,25). The largest absolute Gasteiger partial charge is 0.387 e. The predicted molar refractivity (Wildman–Crippen MR) is 95.7 cm³/mol. The molecule has 6 nitrogen and oxygen atoms in total. The number of aryl methyl sites for hydroxylation is 4. The number of carbonyl (C=O) groups is 1. The van der Waals surface area contributed by atoms with Crippen LogP contribution in [-0.2, 0) is 0 Å². The first kappa shape index (κ1) is 17.1. The molecule has 0 aliphatic carbocycles. The molecule has 2 aromatic heterocycles. The lowest BCUT2D eigenvalue weighted by Gasteiger charge is -2.14. The van der Waals surface area contributed by atoms with E-state index in [4.69, 9.17) is 0 Å². The van der Waals surface area contributed by atoms with E-state index < -0.39 is 6.10 Å². The van der Waals surface area contributed by atoms with Crippen LogP contribution >= 0.6 is 0 Å².